The quantitative estimate of drug-likeness (QED) is 0.632. The van der Waals surface area contributed by atoms with Crippen molar-refractivity contribution in [3.05, 3.63) is 28.3 Å². The van der Waals surface area contributed by atoms with Gasteiger partial charge in [-0.05, 0) is 19.1 Å². The number of benzene rings is 1. The zero-order valence-electron chi connectivity index (χ0n) is 12.2. The third kappa shape index (κ3) is 3.37. The van der Waals surface area contributed by atoms with Gasteiger partial charge in [-0.25, -0.2) is 0 Å². The molecule has 0 radical (unpaired) electrons. The minimum absolute atomic E-state index is 0.0107. The van der Waals surface area contributed by atoms with Crippen molar-refractivity contribution in [3.63, 3.8) is 0 Å². The van der Waals surface area contributed by atoms with Crippen molar-refractivity contribution in [1.29, 1.82) is 0 Å². The molecule has 0 heterocycles. The van der Waals surface area contributed by atoms with Gasteiger partial charge in [0.2, 0.25) is 5.91 Å². The van der Waals surface area contributed by atoms with Crippen LogP contribution in [0.5, 0.6) is 0 Å². The van der Waals surface area contributed by atoms with E-state index in [2.05, 4.69) is 5.32 Å². The van der Waals surface area contributed by atoms with Crippen LogP contribution >= 0.6 is 0 Å². The number of rotatable bonds is 6. The summed E-state index contributed by atoms with van der Waals surface area (Å²) in [4.78, 5) is 25.8. The van der Waals surface area contributed by atoms with Gasteiger partial charge in [-0.3, -0.25) is 14.9 Å². The van der Waals surface area contributed by atoms with Gasteiger partial charge in [0.25, 0.3) is 0 Å². The van der Waals surface area contributed by atoms with Crippen LogP contribution < -0.4 is 10.2 Å². The Hall–Kier alpha value is -2.31. The second kappa shape index (κ2) is 6.74. The van der Waals surface area contributed by atoms with Crippen LogP contribution in [0.15, 0.2) is 18.2 Å². The van der Waals surface area contributed by atoms with E-state index in [1.807, 2.05) is 6.92 Å². The third-order valence-electron chi connectivity index (χ3n) is 3.01. The number of carbonyl (C=O) groups excluding carboxylic acids is 1. The molecule has 0 fully saturated rings. The molecular formula is C13H20N4O3. The maximum absolute atomic E-state index is 11.8. The number of nitro benzene ring substituents is 1. The average Bonchev–Trinajstić information content (AvgIpc) is 2.43. The molecule has 0 unspecified atom stereocenters. The van der Waals surface area contributed by atoms with Crippen LogP contribution in [0.1, 0.15) is 6.92 Å². The molecule has 0 spiro atoms. The maximum Gasteiger partial charge on any atom is 0.315 e. The van der Waals surface area contributed by atoms with Gasteiger partial charge in [-0.1, -0.05) is 6.07 Å². The van der Waals surface area contributed by atoms with Crippen LogP contribution in [0, 0.1) is 10.1 Å². The van der Waals surface area contributed by atoms with E-state index < -0.39 is 4.92 Å². The molecule has 0 aliphatic heterocycles. The lowest BCUT2D eigenvalue weighted by Crippen LogP contribution is -2.36. The Balaban J connectivity index is 3.21. The van der Waals surface area contributed by atoms with Gasteiger partial charge in [0.1, 0.15) is 11.4 Å². The van der Waals surface area contributed by atoms with Crippen LogP contribution in [0.4, 0.5) is 17.1 Å². The monoisotopic (exact) mass is 280 g/mol. The van der Waals surface area contributed by atoms with Crippen LogP contribution in [0.2, 0.25) is 0 Å². The summed E-state index contributed by atoms with van der Waals surface area (Å²) < 4.78 is 0. The van der Waals surface area contributed by atoms with Crippen molar-refractivity contribution in [2.24, 2.45) is 0 Å². The molecule has 110 valence electrons. The number of carbonyl (C=O) groups is 1. The Bertz CT molecular complexity index is 502. The number of hydrogen-bond donors (Lipinski definition) is 1. The van der Waals surface area contributed by atoms with E-state index in [9.17, 15) is 14.9 Å². The summed E-state index contributed by atoms with van der Waals surface area (Å²) in [5.74, 6) is -0.101. The van der Waals surface area contributed by atoms with Crippen molar-refractivity contribution < 1.29 is 9.72 Å². The minimum Gasteiger partial charge on any atom is -0.382 e. The first-order valence-corrected chi connectivity index (χ1v) is 6.32. The molecule has 0 saturated carbocycles. The Labute approximate surface area is 118 Å². The van der Waals surface area contributed by atoms with Crippen LogP contribution in [0.25, 0.3) is 0 Å². The van der Waals surface area contributed by atoms with E-state index in [0.29, 0.717) is 17.9 Å². The Morgan fingerprint density at radius 2 is 2.05 bits per heavy atom. The molecule has 0 aromatic heterocycles. The second-order valence-electron chi connectivity index (χ2n) is 4.48. The first-order valence-electron chi connectivity index (χ1n) is 6.32. The van der Waals surface area contributed by atoms with Gasteiger partial charge < -0.3 is 15.1 Å². The van der Waals surface area contributed by atoms with Gasteiger partial charge >= 0.3 is 5.69 Å². The number of likely N-dealkylation sites (N-methyl/N-ethyl adjacent to an activating group) is 2. The van der Waals surface area contributed by atoms with E-state index >= 15 is 0 Å². The Kier molecular flexibility index (Phi) is 5.31. The molecular weight excluding hydrogens is 260 g/mol. The number of para-hydroxylation sites is 1. The molecule has 1 amide bonds. The van der Waals surface area contributed by atoms with Crippen molar-refractivity contribution in [2.45, 2.75) is 6.92 Å². The number of nitrogens with zero attached hydrogens (tertiary/aromatic N) is 3. The van der Waals surface area contributed by atoms with Crippen LogP contribution in [0.3, 0.4) is 0 Å². The fourth-order valence-electron chi connectivity index (χ4n) is 1.85. The largest absolute Gasteiger partial charge is 0.382 e. The van der Waals surface area contributed by atoms with Gasteiger partial charge in [-0.2, -0.15) is 0 Å². The Morgan fingerprint density at radius 1 is 1.40 bits per heavy atom. The number of hydrogen-bond acceptors (Lipinski definition) is 5. The molecule has 1 aromatic carbocycles. The van der Waals surface area contributed by atoms with Crippen LogP contribution in [-0.2, 0) is 4.79 Å². The molecule has 0 bridgehead atoms. The number of nitrogens with one attached hydrogen (secondary N) is 1. The van der Waals surface area contributed by atoms with Gasteiger partial charge in [0, 0.05) is 27.7 Å². The summed E-state index contributed by atoms with van der Waals surface area (Å²) in [6.45, 7) is 2.48. The van der Waals surface area contributed by atoms with Crippen molar-refractivity contribution >= 4 is 23.0 Å². The third-order valence-corrected chi connectivity index (χ3v) is 3.01. The summed E-state index contributed by atoms with van der Waals surface area (Å²) in [5.41, 5.74) is 0.867. The molecule has 0 saturated heterocycles. The highest BCUT2D eigenvalue weighted by atomic mass is 16.6. The smallest absolute Gasteiger partial charge is 0.315 e. The number of anilines is 2. The molecule has 7 nitrogen and oxygen atoms in total. The molecule has 7 heteroatoms. The van der Waals surface area contributed by atoms with E-state index in [-0.39, 0.29) is 18.1 Å². The fraction of sp³-hybridized carbons (Fsp3) is 0.462. The van der Waals surface area contributed by atoms with Crippen LogP contribution in [-0.4, -0.2) is 50.0 Å². The zero-order chi connectivity index (χ0) is 15.3. The van der Waals surface area contributed by atoms with E-state index in [1.54, 1.807) is 44.2 Å². The standard InChI is InChI=1S/C13H20N4O3/c1-5-16(9-12(18)15(3)4)11-8-6-7-10(14-2)13(11)17(19)20/h6-8,14H,5,9H2,1-4H3. The minimum atomic E-state index is -0.427. The highest BCUT2D eigenvalue weighted by Crippen LogP contribution is 2.35. The number of amides is 1. The first kappa shape index (κ1) is 15.7. The normalized spacial score (nSPS) is 10.0. The maximum atomic E-state index is 11.8. The predicted octanol–water partition coefficient (Wildman–Crippen LogP) is 1.55. The highest BCUT2D eigenvalue weighted by molar-refractivity contribution is 5.84. The van der Waals surface area contributed by atoms with E-state index in [1.165, 1.54) is 4.90 Å². The highest BCUT2D eigenvalue weighted by Gasteiger charge is 2.24. The summed E-state index contributed by atoms with van der Waals surface area (Å²) in [5, 5.41) is 14.1. The van der Waals surface area contributed by atoms with E-state index in [4.69, 9.17) is 0 Å². The van der Waals surface area contributed by atoms with Gasteiger partial charge in [0.05, 0.1) is 11.5 Å². The fourth-order valence-corrected chi connectivity index (χ4v) is 1.85. The summed E-state index contributed by atoms with van der Waals surface area (Å²) in [6, 6.07) is 5.03. The molecule has 1 N–H and O–H groups in total. The van der Waals surface area contributed by atoms with Crippen molar-refractivity contribution in [2.75, 3.05) is 44.4 Å². The second-order valence-corrected chi connectivity index (χ2v) is 4.48. The molecule has 0 aliphatic rings. The van der Waals surface area contributed by atoms with Crippen molar-refractivity contribution in [1.82, 2.24) is 4.90 Å². The summed E-state index contributed by atoms with van der Waals surface area (Å²) in [7, 11) is 4.95. The molecule has 1 aromatic rings. The number of nitro groups is 1. The van der Waals surface area contributed by atoms with E-state index in [0.717, 1.165) is 0 Å². The lowest BCUT2D eigenvalue weighted by atomic mass is 10.2. The predicted molar refractivity (Wildman–Crippen MR) is 79.2 cm³/mol. The lowest BCUT2D eigenvalue weighted by Gasteiger charge is -2.24. The molecule has 0 aliphatic carbocycles. The molecule has 1 rings (SSSR count). The van der Waals surface area contributed by atoms with Gasteiger partial charge in [0.15, 0.2) is 0 Å². The lowest BCUT2D eigenvalue weighted by molar-refractivity contribution is -0.383. The average molecular weight is 280 g/mol. The Morgan fingerprint density at radius 3 is 2.50 bits per heavy atom. The topological polar surface area (TPSA) is 78.7 Å². The SMILES string of the molecule is CCN(CC(=O)N(C)C)c1cccc(NC)c1[N+](=O)[O-]. The zero-order valence-corrected chi connectivity index (χ0v) is 12.2. The first-order chi connectivity index (χ1) is 9.42. The van der Waals surface area contributed by atoms with Crippen molar-refractivity contribution in [3.8, 4) is 0 Å². The van der Waals surface area contributed by atoms with Gasteiger partial charge in [-0.15, -0.1) is 0 Å². The summed E-state index contributed by atoms with van der Waals surface area (Å²) in [6.07, 6.45) is 0. The molecule has 20 heavy (non-hydrogen) atoms. The molecule has 0 atom stereocenters. The summed E-state index contributed by atoms with van der Waals surface area (Å²) >= 11 is 0.